The smallest absolute Gasteiger partial charge is 0.317 e. The molecule has 0 aliphatic carbocycles. The Kier molecular flexibility index (Phi) is 2.75. The van der Waals surface area contributed by atoms with Gasteiger partial charge in [-0.3, -0.25) is 0 Å². The minimum Gasteiger partial charge on any atom is -0.317 e. The lowest BCUT2D eigenvalue weighted by Gasteiger charge is -2.03. The molecule has 12 heteroatoms. The first kappa shape index (κ1) is 12.9. The minimum atomic E-state index is -5.81. The molecule has 6 nitrogen and oxygen atoms in total. The normalized spacial score (nSPS) is 14.0. The summed E-state index contributed by atoms with van der Waals surface area (Å²) in [6.45, 7) is 0. The number of halogens is 4. The summed E-state index contributed by atoms with van der Waals surface area (Å²) in [6, 6.07) is 0. The fourth-order valence-corrected chi connectivity index (χ4v) is 1.77. The van der Waals surface area contributed by atoms with Crippen LogP contribution in [0.3, 0.4) is 0 Å². The van der Waals surface area contributed by atoms with E-state index >= 15 is 0 Å². The highest BCUT2D eigenvalue weighted by molar-refractivity contribution is 7.92. The molecule has 0 aromatic carbocycles. The van der Waals surface area contributed by atoms with Crippen LogP contribution in [-0.4, -0.2) is 32.3 Å². The van der Waals surface area contributed by atoms with Crippen molar-refractivity contribution in [3.8, 4) is 0 Å². The molecule has 1 aromatic heterocycles. The number of hydrogen-bond acceptors (Lipinski definition) is 5. The van der Waals surface area contributed by atoms with Gasteiger partial charge in [-0.15, -0.1) is 0 Å². The van der Waals surface area contributed by atoms with Crippen molar-refractivity contribution in [2.24, 2.45) is 0 Å². The molecule has 0 aliphatic rings. The van der Waals surface area contributed by atoms with E-state index in [1.54, 1.807) is 0 Å². The van der Waals surface area contributed by atoms with Crippen LogP contribution in [0.4, 0.5) is 17.1 Å². The molecule has 1 rings (SSSR count). The van der Waals surface area contributed by atoms with Crippen LogP contribution in [-0.2, 0) is 20.1 Å². The van der Waals surface area contributed by atoms with Gasteiger partial charge in [-0.1, -0.05) is 3.89 Å². The van der Waals surface area contributed by atoms with Crippen LogP contribution in [0.15, 0.2) is 16.4 Å². The number of aromatic nitrogens is 2. The van der Waals surface area contributed by atoms with Crippen LogP contribution in [0.25, 0.3) is 0 Å². The molecule has 1 aromatic rings. The van der Waals surface area contributed by atoms with Gasteiger partial charge in [0.1, 0.15) is 0 Å². The number of hydrogen-bond donors (Lipinski definition) is 1. The quantitative estimate of drug-likeness (QED) is 0.624. The molecule has 0 fully saturated rings. The summed E-state index contributed by atoms with van der Waals surface area (Å²) in [5.74, 6) is 0. The van der Waals surface area contributed by atoms with E-state index in [4.69, 9.17) is 0 Å². The summed E-state index contributed by atoms with van der Waals surface area (Å²) in [4.78, 5) is 3.86. The fraction of sp³-hybridized carbons (Fsp3) is 0.250. The van der Waals surface area contributed by atoms with Gasteiger partial charge < -0.3 is 4.98 Å². The minimum absolute atomic E-state index is 0.133. The maximum absolute atomic E-state index is 12.2. The Bertz CT molecular complexity index is 598. The van der Waals surface area contributed by atoms with Crippen molar-refractivity contribution in [1.82, 2.24) is 9.97 Å². The standard InChI is InChI=1S/C4H2F4N2O4S2/c5-4(6,7)15(11,12)3-9-1-2(10-3)16(8,13)14/h1H,(H,9,10). The zero-order valence-electron chi connectivity index (χ0n) is 6.99. The lowest BCUT2D eigenvalue weighted by molar-refractivity contribution is -0.0440. The number of nitrogens with zero attached hydrogens (tertiary/aromatic N) is 1. The van der Waals surface area contributed by atoms with E-state index in [0.29, 0.717) is 0 Å². The number of alkyl halides is 3. The Hall–Kier alpha value is -1.17. The highest BCUT2D eigenvalue weighted by atomic mass is 32.3. The average molecular weight is 282 g/mol. The van der Waals surface area contributed by atoms with Gasteiger partial charge in [0.05, 0.1) is 6.20 Å². The van der Waals surface area contributed by atoms with Crippen LogP contribution in [0.1, 0.15) is 0 Å². The second kappa shape index (κ2) is 3.41. The van der Waals surface area contributed by atoms with Crippen LogP contribution < -0.4 is 0 Å². The van der Waals surface area contributed by atoms with Gasteiger partial charge in [-0.05, 0) is 0 Å². The highest BCUT2D eigenvalue weighted by Gasteiger charge is 2.49. The van der Waals surface area contributed by atoms with Crippen molar-refractivity contribution in [3.63, 3.8) is 0 Å². The van der Waals surface area contributed by atoms with Crippen LogP contribution >= 0.6 is 0 Å². The van der Waals surface area contributed by atoms with E-state index in [1.165, 1.54) is 4.98 Å². The van der Waals surface area contributed by atoms with Gasteiger partial charge in [0.25, 0.3) is 0 Å². The number of aromatic amines is 1. The molecule has 0 spiro atoms. The molecule has 0 saturated carbocycles. The fourth-order valence-electron chi connectivity index (χ4n) is 0.657. The van der Waals surface area contributed by atoms with Crippen LogP contribution in [0.5, 0.6) is 0 Å². The molecule has 0 atom stereocenters. The zero-order valence-corrected chi connectivity index (χ0v) is 8.62. The topological polar surface area (TPSA) is 97.0 Å². The van der Waals surface area contributed by atoms with Gasteiger partial charge in [0.2, 0.25) is 5.16 Å². The second-order valence-electron chi connectivity index (χ2n) is 2.44. The molecule has 0 bridgehead atoms. The van der Waals surface area contributed by atoms with Crippen LogP contribution in [0, 0.1) is 0 Å². The molecule has 0 aliphatic heterocycles. The third-order valence-corrected chi connectivity index (χ3v) is 3.41. The first-order valence-corrected chi connectivity index (χ1v) is 6.14. The van der Waals surface area contributed by atoms with Gasteiger partial charge in [-0.2, -0.15) is 21.6 Å². The molecular formula is C4H2F4N2O4S2. The summed E-state index contributed by atoms with van der Waals surface area (Å²) in [5.41, 5.74) is -5.65. The number of H-pyrrole nitrogens is 1. The molecule has 0 amide bonds. The molecule has 0 saturated heterocycles. The SMILES string of the molecule is O=S(=O)(F)c1cnc(S(=O)(=O)C(F)(F)F)[nH]1. The van der Waals surface area contributed by atoms with E-state index < -0.39 is 35.8 Å². The van der Waals surface area contributed by atoms with Crippen molar-refractivity contribution in [1.29, 1.82) is 0 Å². The Morgan fingerprint density at radius 3 is 2.00 bits per heavy atom. The average Bonchev–Trinajstić information content (AvgIpc) is 2.47. The third kappa shape index (κ3) is 2.16. The number of sulfone groups is 1. The summed E-state index contributed by atoms with van der Waals surface area (Å²) in [5, 5.41) is -3.05. The first-order valence-electron chi connectivity index (χ1n) is 3.27. The number of rotatable bonds is 2. The van der Waals surface area contributed by atoms with Crippen molar-refractivity contribution in [3.05, 3.63) is 6.20 Å². The maximum atomic E-state index is 12.2. The van der Waals surface area contributed by atoms with Crippen LogP contribution in [0.2, 0.25) is 0 Å². The zero-order chi connectivity index (χ0) is 12.8. The number of nitrogens with one attached hydrogen (secondary N) is 1. The summed E-state index contributed by atoms with van der Waals surface area (Å²) in [7, 11) is -11.2. The third-order valence-electron chi connectivity index (χ3n) is 1.35. The molecule has 0 unspecified atom stereocenters. The Labute approximate surface area is 86.4 Å². The summed E-state index contributed by atoms with van der Waals surface area (Å²) >= 11 is 0. The lowest BCUT2D eigenvalue weighted by atomic mass is 11.0. The summed E-state index contributed by atoms with van der Waals surface area (Å²) < 4.78 is 89.8. The summed E-state index contributed by atoms with van der Waals surface area (Å²) in [6.07, 6.45) is 0.133. The molecule has 1 heterocycles. The number of imidazole rings is 1. The highest BCUT2D eigenvalue weighted by Crippen LogP contribution is 2.28. The molecule has 1 N–H and O–H groups in total. The van der Waals surface area contributed by atoms with E-state index in [2.05, 4.69) is 4.98 Å². The molecule has 0 radical (unpaired) electrons. The Morgan fingerprint density at radius 1 is 1.19 bits per heavy atom. The molecule has 16 heavy (non-hydrogen) atoms. The Balaban J connectivity index is 3.35. The Morgan fingerprint density at radius 2 is 1.69 bits per heavy atom. The van der Waals surface area contributed by atoms with Gasteiger partial charge in [-0.25, -0.2) is 13.4 Å². The van der Waals surface area contributed by atoms with Crippen molar-refractivity contribution < 1.29 is 33.9 Å². The van der Waals surface area contributed by atoms with Crippen molar-refractivity contribution in [2.45, 2.75) is 15.7 Å². The predicted octanol–water partition coefficient (Wildman–Crippen LogP) is 0.361. The van der Waals surface area contributed by atoms with E-state index in [1.807, 2.05) is 0 Å². The molecular weight excluding hydrogens is 280 g/mol. The van der Waals surface area contributed by atoms with E-state index in [9.17, 15) is 33.9 Å². The van der Waals surface area contributed by atoms with E-state index in [0.717, 1.165) is 0 Å². The lowest BCUT2D eigenvalue weighted by Crippen LogP contribution is -2.24. The maximum Gasteiger partial charge on any atom is 0.504 e. The van der Waals surface area contributed by atoms with E-state index in [-0.39, 0.29) is 6.20 Å². The van der Waals surface area contributed by atoms with Crippen molar-refractivity contribution >= 4 is 20.1 Å². The van der Waals surface area contributed by atoms with Gasteiger partial charge in [0, 0.05) is 0 Å². The first-order chi connectivity index (χ1) is 6.96. The monoisotopic (exact) mass is 282 g/mol. The van der Waals surface area contributed by atoms with Gasteiger partial charge in [0.15, 0.2) is 5.03 Å². The second-order valence-corrected chi connectivity index (χ2v) is 5.61. The van der Waals surface area contributed by atoms with Crippen molar-refractivity contribution in [2.75, 3.05) is 0 Å². The van der Waals surface area contributed by atoms with Gasteiger partial charge >= 0.3 is 25.6 Å². The molecule has 92 valence electrons. The predicted molar refractivity (Wildman–Crippen MR) is 40.1 cm³/mol. The largest absolute Gasteiger partial charge is 0.504 e.